The van der Waals surface area contributed by atoms with Crippen LogP contribution in [0.2, 0.25) is 0 Å². The smallest absolute Gasteiger partial charge is 0.239 e. The van der Waals surface area contributed by atoms with Crippen molar-refractivity contribution in [1.29, 1.82) is 0 Å². The van der Waals surface area contributed by atoms with E-state index < -0.39 is 26.2 Å². The van der Waals surface area contributed by atoms with Crippen molar-refractivity contribution in [3.63, 3.8) is 0 Å². The van der Waals surface area contributed by atoms with Crippen LogP contribution >= 0.6 is 23.2 Å². The number of halogens is 2. The Balaban J connectivity index is 1.86. The second-order valence-corrected chi connectivity index (χ2v) is 7.71. The fourth-order valence-corrected chi connectivity index (χ4v) is 3.58. The molecule has 0 aromatic carbocycles. The van der Waals surface area contributed by atoms with E-state index in [1.165, 1.54) is 0 Å². The minimum atomic E-state index is -3.66. The van der Waals surface area contributed by atoms with Crippen molar-refractivity contribution in [1.82, 2.24) is 4.72 Å². The minimum absolute atomic E-state index is 0.191. The van der Waals surface area contributed by atoms with Gasteiger partial charge < -0.3 is 4.74 Å². The number of ether oxygens (including phenoxy) is 1. The number of hydrogen-bond donors (Lipinski definition) is 1. The van der Waals surface area contributed by atoms with Gasteiger partial charge in [0.05, 0.1) is 17.8 Å². The van der Waals surface area contributed by atoms with Gasteiger partial charge in [0.15, 0.2) is 0 Å². The Morgan fingerprint density at radius 2 is 2.12 bits per heavy atom. The average molecular weight is 302 g/mol. The Bertz CT molecular complexity index is 417. The van der Waals surface area contributed by atoms with E-state index in [9.17, 15) is 13.2 Å². The van der Waals surface area contributed by atoms with Gasteiger partial charge in [0.1, 0.15) is 4.33 Å². The molecule has 2 unspecified atom stereocenters. The fraction of sp³-hybridized carbons (Fsp3) is 0.889. The van der Waals surface area contributed by atoms with Gasteiger partial charge >= 0.3 is 0 Å². The molecule has 1 amide bonds. The van der Waals surface area contributed by atoms with Crippen LogP contribution in [0.15, 0.2) is 0 Å². The Labute approximate surface area is 110 Å². The molecular formula is C9H13Cl2NO4S. The molecule has 2 rings (SSSR count). The van der Waals surface area contributed by atoms with E-state index in [1.807, 2.05) is 4.72 Å². The molecule has 1 saturated heterocycles. The van der Waals surface area contributed by atoms with E-state index in [1.54, 1.807) is 0 Å². The third kappa shape index (κ3) is 3.47. The van der Waals surface area contributed by atoms with Crippen LogP contribution in [-0.4, -0.2) is 37.1 Å². The highest BCUT2D eigenvalue weighted by Crippen LogP contribution is 2.53. The molecule has 5 nitrogen and oxygen atoms in total. The minimum Gasteiger partial charge on any atom is -0.377 e. The van der Waals surface area contributed by atoms with Gasteiger partial charge in [0.2, 0.25) is 15.9 Å². The molecule has 1 aliphatic carbocycles. The molecule has 2 atom stereocenters. The second-order valence-electron chi connectivity index (χ2n) is 4.40. The van der Waals surface area contributed by atoms with Crippen LogP contribution in [0, 0.1) is 5.92 Å². The number of alkyl halides is 2. The van der Waals surface area contributed by atoms with E-state index in [4.69, 9.17) is 27.9 Å². The third-order valence-electron chi connectivity index (χ3n) is 2.83. The van der Waals surface area contributed by atoms with Crippen molar-refractivity contribution in [2.24, 2.45) is 5.92 Å². The molecule has 2 fully saturated rings. The summed E-state index contributed by atoms with van der Waals surface area (Å²) in [4.78, 5) is 11.5. The van der Waals surface area contributed by atoms with Crippen molar-refractivity contribution >= 4 is 39.1 Å². The van der Waals surface area contributed by atoms with Crippen LogP contribution in [0.1, 0.15) is 19.3 Å². The van der Waals surface area contributed by atoms with Crippen molar-refractivity contribution in [3.05, 3.63) is 0 Å². The molecular weight excluding hydrogens is 289 g/mol. The number of rotatable bonds is 4. The van der Waals surface area contributed by atoms with E-state index >= 15 is 0 Å². The first-order valence-electron chi connectivity index (χ1n) is 5.34. The first-order valence-corrected chi connectivity index (χ1v) is 7.75. The Kier molecular flexibility index (Phi) is 3.60. The molecule has 0 bridgehead atoms. The molecule has 1 N–H and O–H groups in total. The molecule has 1 heterocycles. The molecule has 0 aromatic heterocycles. The normalized spacial score (nSPS) is 31.2. The van der Waals surface area contributed by atoms with Gasteiger partial charge in [-0.05, 0) is 19.3 Å². The Hall–Kier alpha value is -0.0400. The summed E-state index contributed by atoms with van der Waals surface area (Å²) < 4.78 is 29.4. The summed E-state index contributed by atoms with van der Waals surface area (Å²) in [5.74, 6) is -1.46. The maximum Gasteiger partial charge on any atom is 0.239 e. The monoisotopic (exact) mass is 301 g/mol. The summed E-state index contributed by atoms with van der Waals surface area (Å²) in [5.41, 5.74) is 0. The van der Waals surface area contributed by atoms with Crippen molar-refractivity contribution in [2.45, 2.75) is 29.7 Å². The quantitative estimate of drug-likeness (QED) is 0.780. The van der Waals surface area contributed by atoms with Gasteiger partial charge in [-0.2, -0.15) is 0 Å². The molecule has 8 heteroatoms. The summed E-state index contributed by atoms with van der Waals surface area (Å²) in [6.45, 7) is 0.573. The Morgan fingerprint density at radius 1 is 1.47 bits per heavy atom. The van der Waals surface area contributed by atoms with Crippen molar-refractivity contribution < 1.29 is 17.9 Å². The van der Waals surface area contributed by atoms with Crippen LogP contribution in [-0.2, 0) is 19.6 Å². The number of carbonyl (C=O) groups is 1. The summed E-state index contributed by atoms with van der Waals surface area (Å²) in [6, 6.07) is 0. The maximum atomic E-state index is 11.6. The lowest BCUT2D eigenvalue weighted by molar-refractivity contribution is -0.120. The molecule has 0 aromatic rings. The van der Waals surface area contributed by atoms with Crippen LogP contribution in [0.3, 0.4) is 0 Å². The number of hydrogen-bond acceptors (Lipinski definition) is 4. The molecule has 98 valence electrons. The molecule has 2 aliphatic rings. The zero-order valence-electron chi connectivity index (χ0n) is 8.99. The number of nitrogens with one attached hydrogen (secondary N) is 1. The van der Waals surface area contributed by atoms with Crippen molar-refractivity contribution in [2.75, 3.05) is 12.4 Å². The van der Waals surface area contributed by atoms with Gasteiger partial charge in [-0.25, -0.2) is 8.42 Å². The summed E-state index contributed by atoms with van der Waals surface area (Å²) >= 11 is 11.4. The highest BCUT2D eigenvalue weighted by molar-refractivity contribution is 7.90. The molecule has 1 aliphatic heterocycles. The van der Waals surface area contributed by atoms with Gasteiger partial charge in [0, 0.05) is 6.61 Å². The van der Waals surface area contributed by atoms with E-state index in [0.29, 0.717) is 13.0 Å². The van der Waals surface area contributed by atoms with Gasteiger partial charge in [-0.15, -0.1) is 23.2 Å². The highest BCUT2D eigenvalue weighted by atomic mass is 35.5. The summed E-state index contributed by atoms with van der Waals surface area (Å²) in [7, 11) is -3.66. The maximum absolute atomic E-state index is 11.6. The fourth-order valence-electron chi connectivity index (χ4n) is 1.78. The summed E-state index contributed by atoms with van der Waals surface area (Å²) in [6.07, 6.45) is 1.52. The molecule has 17 heavy (non-hydrogen) atoms. The number of carbonyl (C=O) groups excluding carboxylic acids is 1. The predicted molar refractivity (Wildman–Crippen MR) is 63.4 cm³/mol. The van der Waals surface area contributed by atoms with Crippen LogP contribution in [0.4, 0.5) is 0 Å². The zero-order valence-corrected chi connectivity index (χ0v) is 11.3. The number of sulfonamides is 1. The molecule has 0 radical (unpaired) electrons. The molecule has 1 saturated carbocycles. The standard InChI is InChI=1S/C9H13Cl2NO4S/c10-9(11)4-7(9)8(13)12-17(14,15)5-6-2-1-3-16-6/h6-7H,1-5H2,(H,12,13). The zero-order chi connectivity index (χ0) is 12.7. The number of amides is 1. The van der Waals surface area contributed by atoms with Gasteiger partial charge in [-0.3, -0.25) is 9.52 Å². The van der Waals surface area contributed by atoms with Crippen molar-refractivity contribution in [3.8, 4) is 0 Å². The first-order chi connectivity index (χ1) is 7.80. The Morgan fingerprint density at radius 3 is 2.59 bits per heavy atom. The van der Waals surface area contributed by atoms with Gasteiger partial charge in [0.25, 0.3) is 0 Å². The average Bonchev–Trinajstić information content (AvgIpc) is 2.59. The van der Waals surface area contributed by atoms with Gasteiger partial charge in [-0.1, -0.05) is 0 Å². The van der Waals surface area contributed by atoms with E-state index in [0.717, 1.165) is 6.42 Å². The topological polar surface area (TPSA) is 72.5 Å². The lowest BCUT2D eigenvalue weighted by Gasteiger charge is -2.11. The van der Waals surface area contributed by atoms with Crippen LogP contribution < -0.4 is 4.72 Å². The molecule has 0 spiro atoms. The SMILES string of the molecule is O=C(NS(=O)(=O)CC1CCCO1)C1CC1(Cl)Cl. The third-order valence-corrected chi connectivity index (χ3v) is 4.99. The predicted octanol–water partition coefficient (Wildman–Crippen LogP) is 0.805. The van der Waals surface area contributed by atoms with E-state index in [2.05, 4.69) is 0 Å². The lowest BCUT2D eigenvalue weighted by Crippen LogP contribution is -2.37. The largest absolute Gasteiger partial charge is 0.377 e. The summed E-state index contributed by atoms with van der Waals surface area (Å²) in [5, 5.41) is 0. The highest BCUT2D eigenvalue weighted by Gasteiger charge is 2.57. The lowest BCUT2D eigenvalue weighted by atomic mass is 10.3. The first kappa shape index (κ1) is 13.4. The van der Waals surface area contributed by atoms with E-state index in [-0.39, 0.29) is 18.3 Å². The second kappa shape index (κ2) is 4.57. The van der Waals surface area contributed by atoms with Crippen LogP contribution in [0.5, 0.6) is 0 Å². The van der Waals surface area contributed by atoms with Crippen LogP contribution in [0.25, 0.3) is 0 Å².